The Balaban J connectivity index is 3.45. The first kappa shape index (κ1) is 62.6. The molecule has 0 fully saturated rings. The molecule has 0 aliphatic rings. The number of aliphatic hydroxyl groups is 2. The largest absolute Gasteiger partial charge is 0.466 e. The molecule has 380 valence electrons. The first-order chi connectivity index (χ1) is 31.5. The molecule has 0 aliphatic carbocycles. The van der Waals surface area contributed by atoms with Crippen LogP contribution in [0.25, 0.3) is 0 Å². The van der Waals surface area contributed by atoms with Crippen LogP contribution in [0, 0.1) is 0 Å². The van der Waals surface area contributed by atoms with Gasteiger partial charge in [0.1, 0.15) is 0 Å². The van der Waals surface area contributed by atoms with E-state index in [-0.39, 0.29) is 18.5 Å². The molecule has 0 aromatic rings. The molecule has 0 saturated heterocycles. The Morgan fingerprint density at radius 1 is 0.422 bits per heavy atom. The van der Waals surface area contributed by atoms with Crippen LogP contribution >= 0.6 is 0 Å². The molecular formula is C58H113NO5. The van der Waals surface area contributed by atoms with Gasteiger partial charge in [0.25, 0.3) is 0 Å². The lowest BCUT2D eigenvalue weighted by Crippen LogP contribution is -2.45. The van der Waals surface area contributed by atoms with Crippen molar-refractivity contribution in [1.82, 2.24) is 5.32 Å². The number of hydrogen-bond acceptors (Lipinski definition) is 5. The first-order valence-corrected chi connectivity index (χ1v) is 29.0. The zero-order valence-electron chi connectivity index (χ0n) is 43.3. The third-order valence-corrected chi connectivity index (χ3v) is 13.6. The second-order valence-electron chi connectivity index (χ2n) is 20.0. The number of aliphatic hydroxyl groups excluding tert-OH is 2. The Hall–Kier alpha value is -1.40. The minimum atomic E-state index is -0.849. The predicted octanol–water partition coefficient (Wildman–Crippen LogP) is 17.7. The molecular weight excluding hydrogens is 791 g/mol. The summed E-state index contributed by atoms with van der Waals surface area (Å²) in [4.78, 5) is 24.5. The topological polar surface area (TPSA) is 95.9 Å². The van der Waals surface area contributed by atoms with E-state index in [0.29, 0.717) is 19.4 Å². The fraction of sp³-hybridized carbons (Fsp3) is 0.931. The van der Waals surface area contributed by atoms with Gasteiger partial charge in [-0.25, -0.2) is 0 Å². The zero-order chi connectivity index (χ0) is 46.5. The number of carbonyl (C=O) groups is 2. The fourth-order valence-electron chi connectivity index (χ4n) is 9.11. The van der Waals surface area contributed by atoms with Crippen LogP contribution in [0.5, 0.6) is 0 Å². The Morgan fingerprint density at radius 3 is 1.06 bits per heavy atom. The molecule has 64 heavy (non-hydrogen) atoms. The van der Waals surface area contributed by atoms with Crippen molar-refractivity contribution < 1.29 is 24.5 Å². The van der Waals surface area contributed by atoms with Crippen molar-refractivity contribution >= 4 is 11.9 Å². The van der Waals surface area contributed by atoms with Crippen LogP contribution in [0.3, 0.4) is 0 Å². The number of ether oxygens (including phenoxy) is 1. The monoisotopic (exact) mass is 904 g/mol. The Morgan fingerprint density at radius 2 is 0.719 bits per heavy atom. The van der Waals surface area contributed by atoms with Crippen LogP contribution in [-0.4, -0.2) is 47.4 Å². The third-order valence-electron chi connectivity index (χ3n) is 13.6. The molecule has 0 bridgehead atoms. The number of esters is 1. The van der Waals surface area contributed by atoms with Gasteiger partial charge in [-0.15, -0.1) is 0 Å². The van der Waals surface area contributed by atoms with E-state index in [0.717, 1.165) is 44.9 Å². The van der Waals surface area contributed by atoms with Gasteiger partial charge in [-0.05, 0) is 32.1 Å². The molecule has 0 rings (SSSR count). The lowest BCUT2D eigenvalue weighted by molar-refractivity contribution is -0.143. The predicted molar refractivity (Wildman–Crippen MR) is 278 cm³/mol. The van der Waals surface area contributed by atoms with Gasteiger partial charge >= 0.3 is 5.97 Å². The molecule has 0 saturated carbocycles. The maximum Gasteiger partial charge on any atom is 0.305 e. The van der Waals surface area contributed by atoms with E-state index in [1.807, 2.05) is 6.08 Å². The SMILES string of the molecule is CCCCCCCCCCCCCCCCC/C=C/C(O)C(CO)NC(=O)CCCCCCCCCCCCCCCCCOC(=O)CCCCCCCCCCCCCCCCC. The summed E-state index contributed by atoms with van der Waals surface area (Å²) in [5, 5.41) is 23.1. The summed E-state index contributed by atoms with van der Waals surface area (Å²) in [5.41, 5.74) is 0. The van der Waals surface area contributed by atoms with Crippen LogP contribution in [0.1, 0.15) is 322 Å². The van der Waals surface area contributed by atoms with Crippen LogP contribution in [0.4, 0.5) is 0 Å². The second kappa shape index (κ2) is 54.2. The van der Waals surface area contributed by atoms with Crippen LogP contribution in [0.15, 0.2) is 12.2 Å². The summed E-state index contributed by atoms with van der Waals surface area (Å²) in [6.45, 7) is 4.91. The summed E-state index contributed by atoms with van der Waals surface area (Å²) in [5.74, 6) is -0.0707. The highest BCUT2D eigenvalue weighted by Gasteiger charge is 2.18. The maximum atomic E-state index is 12.5. The third kappa shape index (κ3) is 50.0. The highest BCUT2D eigenvalue weighted by Crippen LogP contribution is 2.17. The van der Waals surface area contributed by atoms with Gasteiger partial charge < -0.3 is 20.3 Å². The van der Waals surface area contributed by atoms with Crippen molar-refractivity contribution in [2.75, 3.05) is 13.2 Å². The number of unbranched alkanes of at least 4 members (excludes halogenated alkanes) is 43. The van der Waals surface area contributed by atoms with E-state index < -0.39 is 12.1 Å². The lowest BCUT2D eigenvalue weighted by atomic mass is 10.0. The Bertz CT molecular complexity index is 955. The number of hydrogen-bond donors (Lipinski definition) is 3. The highest BCUT2D eigenvalue weighted by atomic mass is 16.5. The van der Waals surface area contributed by atoms with Gasteiger partial charge in [0, 0.05) is 12.8 Å². The normalized spacial score (nSPS) is 12.6. The Kier molecular flexibility index (Phi) is 53.0. The fourth-order valence-corrected chi connectivity index (χ4v) is 9.11. The summed E-state index contributed by atoms with van der Waals surface area (Å²) < 4.78 is 5.48. The van der Waals surface area contributed by atoms with Gasteiger partial charge in [0.05, 0.1) is 25.4 Å². The summed E-state index contributed by atoms with van der Waals surface area (Å²) in [6.07, 6.45) is 63.7. The van der Waals surface area contributed by atoms with Crippen molar-refractivity contribution in [3.8, 4) is 0 Å². The first-order valence-electron chi connectivity index (χ1n) is 29.0. The number of rotatable bonds is 54. The Labute approximate surface area is 399 Å². The molecule has 0 radical (unpaired) electrons. The van der Waals surface area contributed by atoms with Gasteiger partial charge in [0.2, 0.25) is 5.91 Å². The van der Waals surface area contributed by atoms with Crippen molar-refractivity contribution in [1.29, 1.82) is 0 Å². The van der Waals surface area contributed by atoms with Gasteiger partial charge in [0.15, 0.2) is 0 Å². The molecule has 6 heteroatoms. The van der Waals surface area contributed by atoms with Crippen LogP contribution in [0.2, 0.25) is 0 Å². The molecule has 1 amide bonds. The average Bonchev–Trinajstić information content (AvgIpc) is 3.29. The van der Waals surface area contributed by atoms with E-state index in [1.54, 1.807) is 6.08 Å². The maximum absolute atomic E-state index is 12.5. The van der Waals surface area contributed by atoms with E-state index in [2.05, 4.69) is 19.2 Å². The molecule has 0 aromatic heterocycles. The average molecular weight is 905 g/mol. The van der Waals surface area contributed by atoms with E-state index in [1.165, 1.54) is 250 Å². The quantitative estimate of drug-likeness (QED) is 0.0321. The standard InChI is InChI=1S/C58H113NO5/c1-3-5-7-9-11-13-15-17-19-20-23-26-30-34-38-42-46-50-56(61)55(54-60)59-57(62)51-47-43-39-35-31-27-24-21-25-29-33-37-41-45-49-53-64-58(63)52-48-44-40-36-32-28-22-18-16-14-12-10-8-6-4-2/h46,50,55-56,60-61H,3-45,47-49,51-54H2,1-2H3,(H,59,62)/b50-46+. The molecule has 0 heterocycles. The molecule has 3 N–H and O–H groups in total. The van der Waals surface area contributed by atoms with Crippen molar-refractivity contribution in [2.24, 2.45) is 0 Å². The molecule has 0 aliphatic heterocycles. The number of nitrogens with one attached hydrogen (secondary N) is 1. The molecule has 0 spiro atoms. The van der Waals surface area contributed by atoms with E-state index in [4.69, 9.17) is 4.74 Å². The zero-order valence-corrected chi connectivity index (χ0v) is 43.3. The number of amides is 1. The minimum absolute atomic E-state index is 0.00304. The summed E-state index contributed by atoms with van der Waals surface area (Å²) >= 11 is 0. The second-order valence-corrected chi connectivity index (χ2v) is 20.0. The van der Waals surface area contributed by atoms with Crippen LogP contribution in [-0.2, 0) is 14.3 Å². The highest BCUT2D eigenvalue weighted by molar-refractivity contribution is 5.76. The summed E-state index contributed by atoms with van der Waals surface area (Å²) in [7, 11) is 0. The van der Waals surface area contributed by atoms with Crippen LogP contribution < -0.4 is 5.32 Å². The van der Waals surface area contributed by atoms with Crippen molar-refractivity contribution in [2.45, 2.75) is 334 Å². The van der Waals surface area contributed by atoms with E-state index in [9.17, 15) is 19.8 Å². The number of carbonyl (C=O) groups excluding carboxylic acids is 2. The smallest absolute Gasteiger partial charge is 0.305 e. The molecule has 2 atom stereocenters. The van der Waals surface area contributed by atoms with E-state index >= 15 is 0 Å². The number of allylic oxidation sites excluding steroid dienone is 1. The molecule has 2 unspecified atom stereocenters. The summed E-state index contributed by atoms with van der Waals surface area (Å²) in [6, 6.07) is -0.633. The minimum Gasteiger partial charge on any atom is -0.466 e. The molecule has 6 nitrogen and oxygen atoms in total. The lowest BCUT2D eigenvalue weighted by Gasteiger charge is -2.20. The molecule has 0 aromatic carbocycles. The van der Waals surface area contributed by atoms with Crippen molar-refractivity contribution in [3.05, 3.63) is 12.2 Å². The van der Waals surface area contributed by atoms with Gasteiger partial charge in [-0.2, -0.15) is 0 Å². The van der Waals surface area contributed by atoms with Gasteiger partial charge in [-0.1, -0.05) is 289 Å². The van der Waals surface area contributed by atoms with Crippen molar-refractivity contribution in [3.63, 3.8) is 0 Å². The van der Waals surface area contributed by atoms with Gasteiger partial charge in [-0.3, -0.25) is 9.59 Å².